The Kier molecular flexibility index (Phi) is 4.02. The van der Waals surface area contributed by atoms with Crippen LogP contribution in [0.4, 0.5) is 0 Å². The monoisotopic (exact) mass is 375 g/mol. The van der Waals surface area contributed by atoms with Crippen molar-refractivity contribution in [1.82, 2.24) is 24.5 Å². The van der Waals surface area contributed by atoms with Gasteiger partial charge in [-0.2, -0.15) is 0 Å². The molecule has 0 atom stereocenters. The zero-order valence-corrected chi connectivity index (χ0v) is 15.6. The molecule has 0 unspecified atom stereocenters. The predicted octanol–water partition coefficient (Wildman–Crippen LogP) is 2.80. The fourth-order valence-corrected chi connectivity index (χ4v) is 3.88. The quantitative estimate of drug-likeness (QED) is 0.575. The summed E-state index contributed by atoms with van der Waals surface area (Å²) in [6, 6.07) is 9.52. The van der Waals surface area contributed by atoms with Gasteiger partial charge in [-0.25, -0.2) is 9.50 Å². The van der Waals surface area contributed by atoms with Gasteiger partial charge in [0.25, 0.3) is 5.56 Å². The molecule has 0 amide bonds. The van der Waals surface area contributed by atoms with Gasteiger partial charge in [-0.05, 0) is 30.2 Å². The third-order valence-corrected chi connectivity index (χ3v) is 5.35. The van der Waals surface area contributed by atoms with Crippen LogP contribution in [0.3, 0.4) is 0 Å². The van der Waals surface area contributed by atoms with Crippen LogP contribution in [0, 0.1) is 0 Å². The first-order chi connectivity index (χ1) is 13.7. The maximum atomic E-state index is 12.1. The average molecular weight is 375 g/mol. The Morgan fingerprint density at radius 2 is 2.18 bits per heavy atom. The molecule has 3 aromatic heterocycles. The smallest absolute Gasteiger partial charge is 0.272 e. The average Bonchev–Trinajstić information content (AvgIpc) is 3.35. The molecule has 1 aliphatic rings. The second-order valence-corrected chi connectivity index (χ2v) is 7.07. The summed E-state index contributed by atoms with van der Waals surface area (Å²) in [7, 11) is 1.69. The van der Waals surface area contributed by atoms with E-state index < -0.39 is 0 Å². The van der Waals surface area contributed by atoms with Crippen molar-refractivity contribution in [3.8, 4) is 5.75 Å². The number of aromatic nitrogens is 4. The van der Waals surface area contributed by atoms with Crippen LogP contribution in [0.15, 0.2) is 53.6 Å². The van der Waals surface area contributed by atoms with E-state index in [1.165, 1.54) is 21.0 Å². The summed E-state index contributed by atoms with van der Waals surface area (Å²) < 4.78 is 6.82. The van der Waals surface area contributed by atoms with Crippen LogP contribution in [0.2, 0.25) is 0 Å². The molecule has 0 spiro atoms. The number of methoxy groups -OCH3 is 1. The summed E-state index contributed by atoms with van der Waals surface area (Å²) in [5.74, 6) is 0.865. The molecule has 1 aromatic carbocycles. The lowest BCUT2D eigenvalue weighted by molar-refractivity contribution is 0.290. The first kappa shape index (κ1) is 16.8. The molecule has 0 saturated carbocycles. The second-order valence-electron chi connectivity index (χ2n) is 7.07. The summed E-state index contributed by atoms with van der Waals surface area (Å²) in [6.07, 6.45) is 7.02. The summed E-state index contributed by atoms with van der Waals surface area (Å²) in [5, 5.41) is 4.06. The van der Waals surface area contributed by atoms with E-state index in [2.05, 4.69) is 44.4 Å². The van der Waals surface area contributed by atoms with E-state index in [1.54, 1.807) is 19.4 Å². The molecule has 4 heterocycles. The molecule has 0 fully saturated rings. The zero-order chi connectivity index (χ0) is 19.1. The van der Waals surface area contributed by atoms with Gasteiger partial charge in [0.05, 0.1) is 12.8 Å². The number of nitrogens with one attached hydrogen (secondary N) is 2. The Bertz CT molecular complexity index is 1250. The fraction of sp³-hybridized carbons (Fsp3) is 0.238. The highest BCUT2D eigenvalue weighted by Gasteiger charge is 2.17. The van der Waals surface area contributed by atoms with E-state index in [-0.39, 0.29) is 5.56 Å². The Morgan fingerprint density at radius 3 is 3.00 bits per heavy atom. The highest BCUT2D eigenvalue weighted by molar-refractivity contribution is 5.93. The van der Waals surface area contributed by atoms with Gasteiger partial charge >= 0.3 is 0 Å². The first-order valence-electron chi connectivity index (χ1n) is 9.34. The van der Waals surface area contributed by atoms with Crippen LogP contribution in [0.5, 0.6) is 5.75 Å². The molecule has 2 N–H and O–H groups in total. The van der Waals surface area contributed by atoms with Gasteiger partial charge in [-0.15, -0.1) is 0 Å². The molecule has 5 rings (SSSR count). The number of hydrogen-bond donors (Lipinski definition) is 2. The maximum Gasteiger partial charge on any atom is 0.272 e. The molecule has 7 heteroatoms. The van der Waals surface area contributed by atoms with Crippen LogP contribution < -0.4 is 10.3 Å². The molecule has 28 heavy (non-hydrogen) atoms. The van der Waals surface area contributed by atoms with Crippen molar-refractivity contribution >= 4 is 22.1 Å². The van der Waals surface area contributed by atoms with Crippen molar-refractivity contribution in [1.29, 1.82) is 0 Å². The second kappa shape index (κ2) is 6.69. The number of rotatable bonds is 4. The van der Waals surface area contributed by atoms with E-state index in [4.69, 9.17) is 4.74 Å². The van der Waals surface area contributed by atoms with Gasteiger partial charge in [0.15, 0.2) is 5.65 Å². The van der Waals surface area contributed by atoms with Gasteiger partial charge in [0.1, 0.15) is 5.75 Å². The standard InChI is InChI=1S/C21H21N5O2/c1-28-16-2-3-19-17(11-16)18(12-22-19)14-5-8-25(9-6-14)13-15-10-21(27)26-20(24-15)4-7-23-26/h2-5,7,10-12,22-23H,6,8-9,13H2,1H3. The lowest BCUT2D eigenvalue weighted by Gasteiger charge is -2.26. The Morgan fingerprint density at radius 1 is 1.25 bits per heavy atom. The van der Waals surface area contributed by atoms with Gasteiger partial charge in [-0.1, -0.05) is 6.08 Å². The normalized spacial score (nSPS) is 15.2. The zero-order valence-electron chi connectivity index (χ0n) is 15.6. The predicted molar refractivity (Wildman–Crippen MR) is 109 cm³/mol. The van der Waals surface area contributed by atoms with Crippen molar-refractivity contribution in [2.24, 2.45) is 0 Å². The number of nitrogens with zero attached hydrogens (tertiary/aromatic N) is 3. The molecule has 1 aliphatic heterocycles. The Hall–Kier alpha value is -3.32. The highest BCUT2D eigenvalue weighted by atomic mass is 16.5. The van der Waals surface area contributed by atoms with E-state index >= 15 is 0 Å². The van der Waals surface area contributed by atoms with Crippen molar-refractivity contribution in [2.45, 2.75) is 13.0 Å². The Balaban J connectivity index is 1.36. The van der Waals surface area contributed by atoms with Crippen LogP contribution >= 0.6 is 0 Å². The number of H-pyrrole nitrogens is 2. The lowest BCUT2D eigenvalue weighted by Crippen LogP contribution is -2.29. The molecule has 4 aromatic rings. The number of fused-ring (bicyclic) bond motifs is 2. The molecule has 0 saturated heterocycles. The van der Waals surface area contributed by atoms with Crippen molar-refractivity contribution in [3.63, 3.8) is 0 Å². The molecular formula is C21H21N5O2. The summed E-state index contributed by atoms with van der Waals surface area (Å²) in [5.41, 5.74) is 5.07. The minimum atomic E-state index is -0.0778. The SMILES string of the molecule is COc1ccc2[nH]cc(C3=CCN(Cc4cc(=O)n5[nH]ccc5n4)CC3)c2c1. The van der Waals surface area contributed by atoms with Crippen molar-refractivity contribution < 1.29 is 4.74 Å². The number of aromatic amines is 2. The van der Waals surface area contributed by atoms with Gasteiger partial charge in [0.2, 0.25) is 0 Å². The Labute approximate surface area is 161 Å². The van der Waals surface area contributed by atoms with Crippen LogP contribution in [0.1, 0.15) is 17.7 Å². The summed E-state index contributed by atoms with van der Waals surface area (Å²) >= 11 is 0. The van der Waals surface area contributed by atoms with Gasteiger partial charge in [0, 0.05) is 60.6 Å². The van der Waals surface area contributed by atoms with Crippen LogP contribution in [-0.2, 0) is 6.54 Å². The highest BCUT2D eigenvalue weighted by Crippen LogP contribution is 2.31. The number of hydrogen-bond acceptors (Lipinski definition) is 4. The first-order valence-corrected chi connectivity index (χ1v) is 9.34. The minimum Gasteiger partial charge on any atom is -0.497 e. The van der Waals surface area contributed by atoms with Gasteiger partial charge in [-0.3, -0.25) is 14.8 Å². The largest absolute Gasteiger partial charge is 0.497 e. The number of ether oxygens (including phenoxy) is 1. The summed E-state index contributed by atoms with van der Waals surface area (Å²) in [6.45, 7) is 2.43. The van der Waals surface area contributed by atoms with E-state index in [9.17, 15) is 4.79 Å². The lowest BCUT2D eigenvalue weighted by atomic mass is 9.98. The van der Waals surface area contributed by atoms with Crippen molar-refractivity contribution in [2.75, 3.05) is 20.2 Å². The van der Waals surface area contributed by atoms with Gasteiger partial charge < -0.3 is 9.72 Å². The molecule has 0 aliphatic carbocycles. The molecular weight excluding hydrogens is 354 g/mol. The van der Waals surface area contributed by atoms with Crippen LogP contribution in [0.25, 0.3) is 22.1 Å². The van der Waals surface area contributed by atoms with Crippen molar-refractivity contribution in [3.05, 3.63) is 70.4 Å². The molecule has 0 radical (unpaired) electrons. The topological polar surface area (TPSA) is 78.4 Å². The summed E-state index contributed by atoms with van der Waals surface area (Å²) in [4.78, 5) is 22.4. The molecule has 7 nitrogen and oxygen atoms in total. The third-order valence-electron chi connectivity index (χ3n) is 5.35. The minimum absolute atomic E-state index is 0.0778. The molecule has 142 valence electrons. The molecule has 0 bridgehead atoms. The van der Waals surface area contributed by atoms with Crippen LogP contribution in [-0.4, -0.2) is 44.7 Å². The fourth-order valence-electron chi connectivity index (χ4n) is 3.88. The maximum absolute atomic E-state index is 12.1. The number of benzene rings is 1. The van der Waals surface area contributed by atoms with E-state index in [0.29, 0.717) is 12.2 Å². The van der Waals surface area contributed by atoms with E-state index in [0.717, 1.165) is 36.5 Å². The third kappa shape index (κ3) is 2.90. The van der Waals surface area contributed by atoms with E-state index in [1.807, 2.05) is 12.1 Å².